The molecule has 3 aromatic rings. The van der Waals surface area contributed by atoms with Crippen LogP contribution in [0.25, 0.3) is 0 Å². The molecule has 42 heavy (non-hydrogen) atoms. The summed E-state index contributed by atoms with van der Waals surface area (Å²) in [7, 11) is -2.35. The van der Waals surface area contributed by atoms with Crippen LogP contribution in [0.5, 0.6) is 5.75 Å². The number of carbonyl (C=O) groups is 2. The van der Waals surface area contributed by atoms with Gasteiger partial charge in [-0.15, -0.1) is 0 Å². The second kappa shape index (κ2) is 12.6. The van der Waals surface area contributed by atoms with Crippen LogP contribution in [0, 0.1) is 19.8 Å². The molecule has 2 heterocycles. The van der Waals surface area contributed by atoms with Crippen molar-refractivity contribution in [2.45, 2.75) is 44.7 Å². The molecule has 12 nitrogen and oxygen atoms in total. The van der Waals surface area contributed by atoms with Crippen molar-refractivity contribution in [1.82, 2.24) is 15.0 Å². The highest BCUT2D eigenvalue weighted by Crippen LogP contribution is 2.32. The highest BCUT2D eigenvalue weighted by Gasteiger charge is 2.34. The number of likely N-dealkylation sites (N-methyl/N-ethyl adjacent to an activating group) is 1. The van der Waals surface area contributed by atoms with Gasteiger partial charge in [0.15, 0.2) is 5.76 Å². The molecule has 1 aromatic heterocycles. The Balaban J connectivity index is 1.62. The van der Waals surface area contributed by atoms with Crippen LogP contribution in [0.1, 0.15) is 35.7 Å². The summed E-state index contributed by atoms with van der Waals surface area (Å²) in [6, 6.07) is 9.18. The zero-order valence-corrected chi connectivity index (χ0v) is 25.5. The van der Waals surface area contributed by atoms with Crippen LogP contribution >= 0.6 is 11.6 Å². The van der Waals surface area contributed by atoms with E-state index in [0.717, 1.165) is 0 Å². The van der Waals surface area contributed by atoms with Gasteiger partial charge in [-0.05, 0) is 63.2 Å². The van der Waals surface area contributed by atoms with Crippen molar-refractivity contribution in [2.24, 2.45) is 5.92 Å². The van der Waals surface area contributed by atoms with Crippen molar-refractivity contribution in [3.05, 3.63) is 64.5 Å². The number of hydrogen-bond acceptors (Lipinski definition) is 8. The summed E-state index contributed by atoms with van der Waals surface area (Å²) in [5.74, 6) is 0.0384. The molecule has 2 aromatic carbocycles. The SMILES string of the molecule is Cc1noc(C)c1NC(=O)N(C)C[C@H]1Oc2ccc(NS(=O)(=O)c3ccc(Cl)cc3)cc2C(=O)N([C@H](C)CO)C[C@@H]1C. The maximum Gasteiger partial charge on any atom is 0.321 e. The third kappa shape index (κ3) is 6.80. The number of nitrogens with zero attached hydrogens (tertiary/aromatic N) is 3. The van der Waals surface area contributed by atoms with Crippen molar-refractivity contribution in [1.29, 1.82) is 0 Å². The molecule has 0 unspecified atom stereocenters. The number of sulfonamides is 1. The Bertz CT molecular complexity index is 1540. The summed E-state index contributed by atoms with van der Waals surface area (Å²) in [5.41, 5.74) is 1.31. The second-order valence-electron chi connectivity index (χ2n) is 10.4. The summed E-state index contributed by atoms with van der Waals surface area (Å²) in [5, 5.41) is 17.0. The minimum absolute atomic E-state index is 0.00328. The summed E-state index contributed by atoms with van der Waals surface area (Å²) in [6.45, 7) is 7.15. The molecule has 3 amide bonds. The molecular weight excluding hydrogens is 586 g/mol. The molecule has 14 heteroatoms. The molecule has 0 bridgehead atoms. The summed E-state index contributed by atoms with van der Waals surface area (Å²) >= 11 is 5.89. The number of rotatable bonds is 8. The number of fused-ring (bicyclic) bond motifs is 1. The molecule has 0 aliphatic carbocycles. The average molecular weight is 620 g/mol. The number of carbonyl (C=O) groups excluding carboxylic acids is 2. The minimum atomic E-state index is -3.97. The molecule has 0 saturated heterocycles. The average Bonchev–Trinajstić information content (AvgIpc) is 3.26. The van der Waals surface area contributed by atoms with Gasteiger partial charge in [-0.1, -0.05) is 23.7 Å². The van der Waals surface area contributed by atoms with Crippen molar-refractivity contribution in [3.8, 4) is 5.75 Å². The van der Waals surface area contributed by atoms with Gasteiger partial charge in [-0.2, -0.15) is 0 Å². The van der Waals surface area contributed by atoms with Crippen LogP contribution < -0.4 is 14.8 Å². The monoisotopic (exact) mass is 619 g/mol. The molecular formula is C28H34ClN5O7S. The fourth-order valence-electron chi connectivity index (χ4n) is 4.55. The lowest BCUT2D eigenvalue weighted by Crippen LogP contribution is -2.50. The number of hydrogen-bond donors (Lipinski definition) is 3. The molecule has 3 N–H and O–H groups in total. The maximum absolute atomic E-state index is 13.7. The number of ether oxygens (including phenoxy) is 1. The van der Waals surface area contributed by atoms with Gasteiger partial charge in [0, 0.05) is 30.2 Å². The van der Waals surface area contributed by atoms with E-state index in [9.17, 15) is 23.1 Å². The van der Waals surface area contributed by atoms with Crippen LogP contribution in [0.4, 0.5) is 16.2 Å². The van der Waals surface area contributed by atoms with E-state index >= 15 is 0 Å². The van der Waals surface area contributed by atoms with E-state index in [4.69, 9.17) is 20.9 Å². The molecule has 0 radical (unpaired) electrons. The fraction of sp³-hybridized carbons (Fsp3) is 0.393. The first kappa shape index (κ1) is 31.1. The van der Waals surface area contributed by atoms with Crippen LogP contribution in [0.15, 0.2) is 51.9 Å². The number of anilines is 2. The lowest BCUT2D eigenvalue weighted by molar-refractivity contribution is 0.0371. The normalized spacial score (nSPS) is 17.9. The Hall–Kier alpha value is -3.81. The third-order valence-electron chi connectivity index (χ3n) is 7.11. The molecule has 226 valence electrons. The highest BCUT2D eigenvalue weighted by atomic mass is 35.5. The van der Waals surface area contributed by atoms with Crippen LogP contribution in [-0.2, 0) is 10.0 Å². The first-order valence-corrected chi connectivity index (χ1v) is 15.1. The lowest BCUT2D eigenvalue weighted by Gasteiger charge is -2.38. The Labute approximate surface area is 249 Å². The first-order valence-electron chi connectivity index (χ1n) is 13.3. The topological polar surface area (TPSA) is 154 Å². The fourth-order valence-corrected chi connectivity index (χ4v) is 5.72. The van der Waals surface area contributed by atoms with Gasteiger partial charge in [0.25, 0.3) is 15.9 Å². The smallest absolute Gasteiger partial charge is 0.321 e. The minimum Gasteiger partial charge on any atom is -0.487 e. The van der Waals surface area contributed by atoms with Crippen molar-refractivity contribution >= 4 is 44.9 Å². The molecule has 0 saturated carbocycles. The Kier molecular flexibility index (Phi) is 9.34. The maximum atomic E-state index is 13.7. The standard InChI is InChI=1S/C28H34ClN5O7S/c1-16-13-34(17(2)15-35)27(36)23-12-21(32-42(38,39)22-9-6-20(29)7-10-22)8-11-24(23)40-25(16)14-33(5)28(37)30-26-18(3)31-41-19(26)4/h6-12,16-17,25,32,35H,13-15H2,1-5H3,(H,30,37)/t16-,17+,25+/m0/s1. The number of aliphatic hydroxyl groups is 1. The van der Waals surface area contributed by atoms with Crippen LogP contribution in [0.3, 0.4) is 0 Å². The number of amides is 3. The van der Waals surface area contributed by atoms with Gasteiger partial charge < -0.3 is 29.5 Å². The summed E-state index contributed by atoms with van der Waals surface area (Å²) in [4.78, 5) is 29.7. The Morgan fingerprint density at radius 2 is 1.93 bits per heavy atom. The molecule has 1 aliphatic heterocycles. The van der Waals surface area contributed by atoms with Crippen LogP contribution in [0.2, 0.25) is 5.02 Å². The van der Waals surface area contributed by atoms with E-state index in [1.807, 2.05) is 6.92 Å². The van der Waals surface area contributed by atoms with Gasteiger partial charge in [-0.25, -0.2) is 13.2 Å². The van der Waals surface area contributed by atoms with Crippen molar-refractivity contribution < 1.29 is 32.4 Å². The molecule has 1 aliphatic rings. The number of urea groups is 1. The second-order valence-corrected chi connectivity index (χ2v) is 12.5. The lowest BCUT2D eigenvalue weighted by atomic mass is 9.99. The number of benzene rings is 2. The zero-order valence-electron chi connectivity index (χ0n) is 23.9. The van der Waals surface area contributed by atoms with E-state index < -0.39 is 34.1 Å². The number of aliphatic hydroxyl groups excluding tert-OH is 1. The number of aryl methyl sites for hydroxylation is 2. The van der Waals surface area contributed by atoms with E-state index in [2.05, 4.69) is 15.2 Å². The zero-order chi connectivity index (χ0) is 30.8. The number of aromatic nitrogens is 1. The largest absolute Gasteiger partial charge is 0.487 e. The predicted octanol–water partition coefficient (Wildman–Crippen LogP) is 4.13. The molecule has 4 rings (SSSR count). The number of nitrogens with one attached hydrogen (secondary N) is 2. The van der Waals surface area contributed by atoms with E-state index in [-0.39, 0.29) is 47.5 Å². The van der Waals surface area contributed by atoms with E-state index in [1.165, 1.54) is 52.3 Å². The van der Waals surface area contributed by atoms with E-state index in [1.54, 1.807) is 27.8 Å². The van der Waals surface area contributed by atoms with E-state index in [0.29, 0.717) is 22.2 Å². The van der Waals surface area contributed by atoms with Gasteiger partial charge in [0.05, 0.1) is 29.7 Å². The highest BCUT2D eigenvalue weighted by molar-refractivity contribution is 7.92. The summed E-state index contributed by atoms with van der Waals surface area (Å²) in [6.07, 6.45) is -0.553. The van der Waals surface area contributed by atoms with Crippen LogP contribution in [-0.4, -0.2) is 79.3 Å². The molecule has 0 fully saturated rings. The quantitative estimate of drug-likeness (QED) is 0.340. The third-order valence-corrected chi connectivity index (χ3v) is 8.76. The van der Waals surface area contributed by atoms with Gasteiger partial charge >= 0.3 is 6.03 Å². The van der Waals surface area contributed by atoms with Crippen molar-refractivity contribution in [2.75, 3.05) is 36.8 Å². The molecule has 0 spiro atoms. The van der Waals surface area contributed by atoms with Gasteiger partial charge in [0.1, 0.15) is 23.2 Å². The first-order chi connectivity index (χ1) is 19.8. The van der Waals surface area contributed by atoms with Crippen molar-refractivity contribution in [3.63, 3.8) is 0 Å². The van der Waals surface area contributed by atoms with Gasteiger partial charge in [-0.3, -0.25) is 9.52 Å². The summed E-state index contributed by atoms with van der Waals surface area (Å²) < 4.78 is 39.9. The van der Waals surface area contributed by atoms with Gasteiger partial charge in [0.2, 0.25) is 0 Å². The predicted molar refractivity (Wildman–Crippen MR) is 157 cm³/mol. The number of halogens is 1. The Morgan fingerprint density at radius 1 is 1.24 bits per heavy atom. The molecule has 3 atom stereocenters. The Morgan fingerprint density at radius 3 is 2.55 bits per heavy atom.